The summed E-state index contributed by atoms with van der Waals surface area (Å²) in [6, 6.07) is 8.85. The molecule has 114 valence electrons. The van der Waals surface area contributed by atoms with Crippen molar-refractivity contribution in [2.45, 2.75) is 31.7 Å². The van der Waals surface area contributed by atoms with Crippen molar-refractivity contribution in [1.82, 2.24) is 10.2 Å². The molecule has 0 radical (unpaired) electrons. The van der Waals surface area contributed by atoms with Gasteiger partial charge in [-0.25, -0.2) is 0 Å². The number of carbonyl (C=O) groups is 1. The first-order valence-electron chi connectivity index (χ1n) is 8.04. The Balaban J connectivity index is 1.60. The van der Waals surface area contributed by atoms with Crippen molar-refractivity contribution >= 4 is 11.6 Å². The van der Waals surface area contributed by atoms with E-state index in [2.05, 4.69) is 28.4 Å². The summed E-state index contributed by atoms with van der Waals surface area (Å²) in [6.45, 7) is 3.44. The van der Waals surface area contributed by atoms with E-state index in [4.69, 9.17) is 0 Å². The molecule has 0 spiro atoms. The molecule has 21 heavy (non-hydrogen) atoms. The molecule has 3 rings (SSSR count). The minimum Gasteiger partial charge on any atom is -0.313 e. The van der Waals surface area contributed by atoms with Crippen molar-refractivity contribution in [2.24, 2.45) is 0 Å². The average molecular weight is 287 g/mol. The van der Waals surface area contributed by atoms with Gasteiger partial charge in [-0.3, -0.25) is 9.69 Å². The van der Waals surface area contributed by atoms with E-state index in [1.807, 2.05) is 18.0 Å². The van der Waals surface area contributed by atoms with E-state index < -0.39 is 0 Å². The predicted molar refractivity (Wildman–Crippen MR) is 85.6 cm³/mol. The molecule has 0 bridgehead atoms. The third kappa shape index (κ3) is 3.44. The minimum atomic E-state index is 0.225. The molecule has 1 atom stereocenters. The Morgan fingerprint density at radius 3 is 3.05 bits per heavy atom. The Hall–Kier alpha value is -1.39. The van der Waals surface area contributed by atoms with Gasteiger partial charge < -0.3 is 10.2 Å². The fraction of sp³-hybridized carbons (Fsp3) is 0.588. The summed E-state index contributed by atoms with van der Waals surface area (Å²) < 4.78 is 0. The summed E-state index contributed by atoms with van der Waals surface area (Å²) in [4.78, 5) is 16.7. The molecule has 1 fully saturated rings. The fourth-order valence-corrected chi connectivity index (χ4v) is 3.46. The zero-order valence-electron chi connectivity index (χ0n) is 12.8. The number of benzene rings is 1. The number of nitrogens with zero attached hydrogens (tertiary/aromatic N) is 2. The normalized spacial score (nSPS) is 21.6. The van der Waals surface area contributed by atoms with Crippen molar-refractivity contribution in [3.8, 4) is 0 Å². The van der Waals surface area contributed by atoms with Gasteiger partial charge in [0.2, 0.25) is 5.91 Å². The van der Waals surface area contributed by atoms with Gasteiger partial charge >= 0.3 is 0 Å². The van der Waals surface area contributed by atoms with E-state index in [1.165, 1.54) is 18.4 Å². The number of amides is 1. The smallest absolute Gasteiger partial charge is 0.241 e. The maximum atomic E-state index is 12.6. The Morgan fingerprint density at radius 1 is 1.38 bits per heavy atom. The molecule has 1 saturated heterocycles. The van der Waals surface area contributed by atoms with Gasteiger partial charge in [0.25, 0.3) is 0 Å². The maximum Gasteiger partial charge on any atom is 0.241 e. The summed E-state index contributed by atoms with van der Waals surface area (Å²) >= 11 is 0. The number of para-hydroxylation sites is 1. The first-order valence-corrected chi connectivity index (χ1v) is 8.04. The predicted octanol–water partition coefficient (Wildman–Crippen LogP) is 1.65. The molecule has 1 N–H and O–H groups in total. The van der Waals surface area contributed by atoms with E-state index in [1.54, 1.807) is 0 Å². The number of likely N-dealkylation sites (N-methyl/N-ethyl adjacent to an activating group) is 1. The third-order valence-corrected chi connectivity index (χ3v) is 4.51. The fourth-order valence-electron chi connectivity index (χ4n) is 3.46. The van der Waals surface area contributed by atoms with E-state index >= 15 is 0 Å². The molecule has 2 heterocycles. The van der Waals surface area contributed by atoms with E-state index in [0.717, 1.165) is 38.2 Å². The lowest BCUT2D eigenvalue weighted by Crippen LogP contribution is -2.44. The van der Waals surface area contributed by atoms with Crippen molar-refractivity contribution < 1.29 is 4.79 Å². The molecule has 0 aromatic heterocycles. The number of fused-ring (bicyclic) bond motifs is 1. The summed E-state index contributed by atoms with van der Waals surface area (Å²) in [5.41, 5.74) is 2.42. The minimum absolute atomic E-state index is 0.225. The monoisotopic (exact) mass is 287 g/mol. The summed E-state index contributed by atoms with van der Waals surface area (Å²) in [5.74, 6) is 0.225. The van der Waals surface area contributed by atoms with Gasteiger partial charge in [0.15, 0.2) is 0 Å². The molecule has 0 saturated carbocycles. The molecule has 2 aliphatic heterocycles. The highest BCUT2D eigenvalue weighted by atomic mass is 16.2. The number of carbonyl (C=O) groups excluding carboxylic acids is 1. The molecule has 2 aliphatic rings. The SMILES string of the molecule is CN(CC(=O)N1CCCc2ccccc21)CC1CCCN1. The Labute approximate surface area is 127 Å². The average Bonchev–Trinajstić information content (AvgIpc) is 2.99. The van der Waals surface area contributed by atoms with Gasteiger partial charge in [0.1, 0.15) is 0 Å². The zero-order chi connectivity index (χ0) is 14.7. The number of hydrogen-bond acceptors (Lipinski definition) is 3. The lowest BCUT2D eigenvalue weighted by atomic mass is 10.0. The number of aryl methyl sites for hydroxylation is 1. The van der Waals surface area contributed by atoms with E-state index in [-0.39, 0.29) is 5.91 Å². The van der Waals surface area contributed by atoms with Crippen LogP contribution in [0.1, 0.15) is 24.8 Å². The van der Waals surface area contributed by atoms with Crippen molar-refractivity contribution in [2.75, 3.05) is 38.1 Å². The van der Waals surface area contributed by atoms with Gasteiger partial charge in [0, 0.05) is 24.8 Å². The Kier molecular flexibility index (Phi) is 4.56. The van der Waals surface area contributed by atoms with Gasteiger partial charge in [-0.05, 0) is 50.9 Å². The highest BCUT2D eigenvalue weighted by Crippen LogP contribution is 2.26. The second-order valence-electron chi connectivity index (χ2n) is 6.27. The molecule has 4 nitrogen and oxygen atoms in total. The lowest BCUT2D eigenvalue weighted by Gasteiger charge is -2.31. The summed E-state index contributed by atoms with van der Waals surface area (Å²) in [5, 5.41) is 3.49. The number of anilines is 1. The summed E-state index contributed by atoms with van der Waals surface area (Å²) in [7, 11) is 2.05. The van der Waals surface area contributed by atoms with Gasteiger partial charge in [-0.15, -0.1) is 0 Å². The molecular formula is C17H25N3O. The molecule has 1 aromatic rings. The molecule has 1 amide bonds. The third-order valence-electron chi connectivity index (χ3n) is 4.51. The van der Waals surface area contributed by atoms with Crippen molar-refractivity contribution in [3.63, 3.8) is 0 Å². The van der Waals surface area contributed by atoms with Gasteiger partial charge in [0.05, 0.1) is 6.54 Å². The van der Waals surface area contributed by atoms with Crippen LogP contribution in [-0.4, -0.2) is 50.1 Å². The van der Waals surface area contributed by atoms with E-state index in [9.17, 15) is 4.79 Å². The van der Waals surface area contributed by atoms with Crippen LogP contribution in [0.2, 0.25) is 0 Å². The van der Waals surface area contributed by atoms with Crippen molar-refractivity contribution in [1.29, 1.82) is 0 Å². The first-order chi connectivity index (χ1) is 10.2. The van der Waals surface area contributed by atoms with Crippen LogP contribution in [-0.2, 0) is 11.2 Å². The molecule has 1 unspecified atom stereocenters. The molecule has 4 heteroatoms. The van der Waals surface area contributed by atoms with Crippen LogP contribution in [0.25, 0.3) is 0 Å². The van der Waals surface area contributed by atoms with Crippen LogP contribution in [0.4, 0.5) is 5.69 Å². The van der Waals surface area contributed by atoms with Crippen LogP contribution in [0, 0.1) is 0 Å². The highest BCUT2D eigenvalue weighted by Gasteiger charge is 2.24. The van der Waals surface area contributed by atoms with Crippen LogP contribution in [0.3, 0.4) is 0 Å². The molecule has 1 aromatic carbocycles. The van der Waals surface area contributed by atoms with Crippen molar-refractivity contribution in [3.05, 3.63) is 29.8 Å². The second kappa shape index (κ2) is 6.58. The molecule has 0 aliphatic carbocycles. The Bertz CT molecular complexity index is 497. The Morgan fingerprint density at radius 2 is 2.24 bits per heavy atom. The quantitative estimate of drug-likeness (QED) is 0.914. The maximum absolute atomic E-state index is 12.6. The number of rotatable bonds is 4. The number of hydrogen-bond donors (Lipinski definition) is 1. The van der Waals surface area contributed by atoms with Gasteiger partial charge in [-0.2, -0.15) is 0 Å². The first kappa shape index (κ1) is 14.5. The van der Waals surface area contributed by atoms with Crippen LogP contribution >= 0.6 is 0 Å². The zero-order valence-corrected chi connectivity index (χ0v) is 12.8. The molecular weight excluding hydrogens is 262 g/mol. The van der Waals surface area contributed by atoms with Crippen LogP contribution in [0.5, 0.6) is 0 Å². The standard InChI is InChI=1S/C17H25N3O/c1-19(12-15-8-4-10-18-15)13-17(21)20-11-5-7-14-6-2-3-9-16(14)20/h2-3,6,9,15,18H,4-5,7-8,10-13H2,1H3. The van der Waals surface area contributed by atoms with Gasteiger partial charge in [-0.1, -0.05) is 18.2 Å². The van der Waals surface area contributed by atoms with Crippen LogP contribution < -0.4 is 10.2 Å². The number of nitrogens with one attached hydrogen (secondary N) is 1. The van der Waals surface area contributed by atoms with E-state index in [0.29, 0.717) is 12.6 Å². The topological polar surface area (TPSA) is 35.6 Å². The largest absolute Gasteiger partial charge is 0.313 e. The summed E-state index contributed by atoms with van der Waals surface area (Å²) in [6.07, 6.45) is 4.63. The van der Waals surface area contributed by atoms with Crippen LogP contribution in [0.15, 0.2) is 24.3 Å². The highest BCUT2D eigenvalue weighted by molar-refractivity contribution is 5.95. The lowest BCUT2D eigenvalue weighted by molar-refractivity contribution is -0.119. The second-order valence-corrected chi connectivity index (χ2v) is 6.27.